The summed E-state index contributed by atoms with van der Waals surface area (Å²) in [5, 5.41) is 2.51. The van der Waals surface area contributed by atoms with Crippen LogP contribution in [-0.2, 0) is 23.5 Å². The largest absolute Gasteiger partial charge is 0.458 e. The summed E-state index contributed by atoms with van der Waals surface area (Å²) in [7, 11) is -2.08. The van der Waals surface area contributed by atoms with E-state index in [2.05, 4.69) is 78.0 Å². The van der Waals surface area contributed by atoms with Crippen LogP contribution in [0, 0.1) is 6.92 Å². The molecule has 6 nitrogen and oxygen atoms in total. The molecule has 0 aliphatic carbocycles. The molecule has 2 rings (SSSR count). The van der Waals surface area contributed by atoms with Crippen LogP contribution in [0.25, 0.3) is 0 Å². The average Bonchev–Trinajstić information content (AvgIpc) is 3.08. The third-order valence-corrected chi connectivity index (χ3v) is 13.6. The molecule has 0 saturated carbocycles. The van der Waals surface area contributed by atoms with E-state index in [1.165, 1.54) is 12.5 Å². The molecule has 8 heteroatoms. The number of rotatable bonds is 11. The van der Waals surface area contributed by atoms with Gasteiger partial charge in [0.2, 0.25) is 5.91 Å². The molecule has 1 heterocycles. The third-order valence-electron chi connectivity index (χ3n) is 6.42. The highest BCUT2D eigenvalue weighted by Gasteiger charge is 2.47. The zero-order valence-electron chi connectivity index (χ0n) is 21.3. The number of esters is 1. The molecule has 1 fully saturated rings. The summed E-state index contributed by atoms with van der Waals surface area (Å²) < 4.78 is 18.9. The molecule has 1 aromatic carbocycles. The summed E-state index contributed by atoms with van der Waals surface area (Å²) in [5.74, 6) is -0.714. The van der Waals surface area contributed by atoms with Crippen molar-refractivity contribution in [1.29, 1.82) is 0 Å². The van der Waals surface area contributed by atoms with Crippen LogP contribution in [0.4, 0.5) is 0 Å². The van der Waals surface area contributed by atoms with Crippen molar-refractivity contribution in [3.63, 3.8) is 0 Å². The number of aryl methyl sites for hydroxylation is 1. The quantitative estimate of drug-likeness (QED) is 0.325. The lowest BCUT2D eigenvalue weighted by molar-refractivity contribution is -0.152. The SMILES string of the molecule is CC(=O)NCC(=O)O[C@H]1CC(Sc2ccc(C)cc2)O[C@@H]1CO[Si](C(C)C)(C(C)C)C(C)C. The summed E-state index contributed by atoms with van der Waals surface area (Å²) in [6.07, 6.45) is -0.164. The lowest BCUT2D eigenvalue weighted by Crippen LogP contribution is -2.50. The molecule has 1 aliphatic rings. The molecule has 3 atom stereocenters. The molecular weight excluding hydrogens is 454 g/mol. The Morgan fingerprint density at radius 1 is 1.09 bits per heavy atom. The molecule has 0 spiro atoms. The van der Waals surface area contributed by atoms with Gasteiger partial charge in [0.1, 0.15) is 24.2 Å². The highest BCUT2D eigenvalue weighted by atomic mass is 32.2. The maximum atomic E-state index is 12.3. The second-order valence-corrected chi connectivity index (χ2v) is 16.5. The van der Waals surface area contributed by atoms with Crippen molar-refractivity contribution >= 4 is 32.0 Å². The van der Waals surface area contributed by atoms with Crippen LogP contribution in [-0.4, -0.2) is 51.0 Å². The Kier molecular flexibility index (Phi) is 10.5. The van der Waals surface area contributed by atoms with Gasteiger partial charge < -0.3 is 19.2 Å². The van der Waals surface area contributed by atoms with Crippen molar-refractivity contribution in [3.8, 4) is 0 Å². The summed E-state index contributed by atoms with van der Waals surface area (Å²) in [4.78, 5) is 24.6. The number of carbonyl (C=O) groups excluding carboxylic acids is 2. The summed E-state index contributed by atoms with van der Waals surface area (Å²) in [5.41, 5.74) is 2.44. The molecule has 0 radical (unpaired) electrons. The number of ether oxygens (including phenoxy) is 2. The van der Waals surface area contributed by atoms with Gasteiger partial charge >= 0.3 is 5.97 Å². The number of carbonyl (C=O) groups is 2. The fraction of sp³-hybridized carbons (Fsp3) is 0.680. The number of hydrogen-bond donors (Lipinski definition) is 1. The van der Waals surface area contributed by atoms with E-state index in [0.717, 1.165) is 4.90 Å². The normalized spacial score (nSPS) is 21.1. The van der Waals surface area contributed by atoms with Gasteiger partial charge in [0, 0.05) is 18.2 Å². The first-order valence-electron chi connectivity index (χ1n) is 11.9. The molecule has 1 aliphatic heterocycles. The standard InChI is InChI=1S/C25H41NO5SSi/c1-16(2)33(17(3)4,18(5)6)29-15-23-22(30-24(28)14-26-20(8)27)13-25(31-23)32-21-11-9-19(7)10-12-21/h9-12,16-18,22-23,25H,13-15H2,1-8H3,(H,26,27)/t22-,23+,25?/m0/s1. The molecule has 33 heavy (non-hydrogen) atoms. The number of hydrogen-bond acceptors (Lipinski definition) is 6. The maximum absolute atomic E-state index is 12.3. The number of amides is 1. The number of thioether (sulfide) groups is 1. The van der Waals surface area contributed by atoms with Crippen LogP contribution < -0.4 is 5.32 Å². The van der Waals surface area contributed by atoms with Crippen molar-refractivity contribution in [2.45, 2.75) is 101 Å². The van der Waals surface area contributed by atoms with E-state index in [1.54, 1.807) is 11.8 Å². The Morgan fingerprint density at radius 3 is 2.18 bits per heavy atom. The molecule has 1 amide bonds. The Labute approximate surface area is 204 Å². The first kappa shape index (κ1) is 27.9. The van der Waals surface area contributed by atoms with E-state index in [1.807, 2.05) is 0 Å². The van der Waals surface area contributed by atoms with Gasteiger partial charge in [-0.2, -0.15) is 0 Å². The minimum Gasteiger partial charge on any atom is -0.458 e. The molecule has 1 N–H and O–H groups in total. The summed E-state index contributed by atoms with van der Waals surface area (Å²) in [6, 6.07) is 8.33. The van der Waals surface area contributed by atoms with Crippen molar-refractivity contribution in [2.24, 2.45) is 0 Å². The number of benzene rings is 1. The van der Waals surface area contributed by atoms with Gasteiger partial charge in [-0.3, -0.25) is 9.59 Å². The minimum absolute atomic E-state index is 0.131. The van der Waals surface area contributed by atoms with E-state index in [-0.39, 0.29) is 24.0 Å². The Hall–Kier alpha value is -1.35. The summed E-state index contributed by atoms with van der Waals surface area (Å²) in [6.45, 7) is 17.2. The predicted molar refractivity (Wildman–Crippen MR) is 136 cm³/mol. The van der Waals surface area contributed by atoms with E-state index in [9.17, 15) is 9.59 Å². The van der Waals surface area contributed by atoms with Gasteiger partial charge in [0.25, 0.3) is 0 Å². The Bertz CT molecular complexity index is 762. The van der Waals surface area contributed by atoms with Crippen molar-refractivity contribution in [2.75, 3.05) is 13.2 Å². The van der Waals surface area contributed by atoms with E-state index in [4.69, 9.17) is 13.9 Å². The molecule has 186 valence electrons. The Balaban J connectivity index is 2.14. The van der Waals surface area contributed by atoms with Crippen LogP contribution in [0.15, 0.2) is 29.2 Å². The highest BCUT2D eigenvalue weighted by Crippen LogP contribution is 2.43. The lowest BCUT2D eigenvalue weighted by Gasteiger charge is -2.43. The molecule has 1 unspecified atom stereocenters. The lowest BCUT2D eigenvalue weighted by atomic mass is 10.2. The molecular formula is C25H41NO5SSi. The van der Waals surface area contributed by atoms with Crippen LogP contribution in [0.2, 0.25) is 16.6 Å². The van der Waals surface area contributed by atoms with E-state index < -0.39 is 20.4 Å². The van der Waals surface area contributed by atoms with Crippen molar-refractivity contribution in [1.82, 2.24) is 5.32 Å². The zero-order chi connectivity index (χ0) is 24.8. The fourth-order valence-electron chi connectivity index (χ4n) is 4.93. The van der Waals surface area contributed by atoms with Crippen LogP contribution >= 0.6 is 11.8 Å². The minimum atomic E-state index is -2.08. The van der Waals surface area contributed by atoms with Gasteiger partial charge in [-0.1, -0.05) is 71.0 Å². The van der Waals surface area contributed by atoms with Gasteiger partial charge in [0.05, 0.1) is 6.61 Å². The molecule has 1 saturated heterocycles. The van der Waals surface area contributed by atoms with Crippen LogP contribution in [0.3, 0.4) is 0 Å². The average molecular weight is 496 g/mol. The first-order chi connectivity index (χ1) is 15.5. The van der Waals surface area contributed by atoms with Crippen LogP contribution in [0.5, 0.6) is 0 Å². The summed E-state index contributed by atoms with van der Waals surface area (Å²) >= 11 is 1.64. The van der Waals surface area contributed by atoms with Gasteiger partial charge in [-0.25, -0.2) is 0 Å². The second-order valence-electron chi connectivity index (χ2n) is 9.84. The van der Waals surface area contributed by atoms with Crippen molar-refractivity contribution in [3.05, 3.63) is 29.8 Å². The zero-order valence-corrected chi connectivity index (χ0v) is 23.2. The van der Waals surface area contributed by atoms with Gasteiger partial charge in [0.15, 0.2) is 8.32 Å². The third kappa shape index (κ3) is 7.57. The smallest absolute Gasteiger partial charge is 0.325 e. The second kappa shape index (κ2) is 12.4. The van der Waals surface area contributed by atoms with Crippen molar-refractivity contribution < 1.29 is 23.5 Å². The molecule has 0 bridgehead atoms. The maximum Gasteiger partial charge on any atom is 0.325 e. The first-order valence-corrected chi connectivity index (χ1v) is 14.9. The Morgan fingerprint density at radius 2 is 1.67 bits per heavy atom. The number of nitrogens with one attached hydrogen (secondary N) is 1. The predicted octanol–water partition coefficient (Wildman–Crippen LogP) is 5.44. The van der Waals surface area contributed by atoms with Gasteiger partial charge in [-0.05, 0) is 35.7 Å². The molecule has 0 aromatic heterocycles. The molecule has 1 aromatic rings. The van der Waals surface area contributed by atoms with E-state index >= 15 is 0 Å². The van der Waals surface area contributed by atoms with Crippen LogP contribution in [0.1, 0.15) is 60.5 Å². The topological polar surface area (TPSA) is 73.9 Å². The van der Waals surface area contributed by atoms with E-state index in [0.29, 0.717) is 29.7 Å². The monoisotopic (exact) mass is 495 g/mol. The fourth-order valence-corrected chi connectivity index (χ4v) is 11.5. The highest BCUT2D eigenvalue weighted by molar-refractivity contribution is 7.99. The van der Waals surface area contributed by atoms with Gasteiger partial charge in [-0.15, -0.1) is 0 Å².